The number of rotatable bonds is 2. The predicted octanol–water partition coefficient (Wildman–Crippen LogP) is 1.07. The third-order valence-corrected chi connectivity index (χ3v) is 1.11. The van der Waals surface area contributed by atoms with Crippen LogP contribution in [-0.4, -0.2) is 17.6 Å². The maximum atomic E-state index is 10.9. The Balaban J connectivity index is 2.69. The summed E-state index contributed by atoms with van der Waals surface area (Å²) in [7, 11) is 0. The Morgan fingerprint density at radius 3 is 3.00 bits per heavy atom. The number of pyridine rings is 1. The molecule has 0 unspecified atom stereocenters. The molecule has 0 saturated carbocycles. The maximum Gasteiger partial charge on any atom is 0.356 e. The molecule has 0 aromatic carbocycles. The molecule has 0 aliphatic rings. The van der Waals surface area contributed by atoms with Crippen molar-refractivity contribution in [2.45, 2.75) is 0 Å². The average molecular weight is 150 g/mol. The van der Waals surface area contributed by atoms with Gasteiger partial charge in [0.15, 0.2) is 0 Å². The zero-order chi connectivity index (χ0) is 8.10. The number of aromatic nitrogens is 1. The molecule has 57 valence electrons. The summed E-state index contributed by atoms with van der Waals surface area (Å²) >= 11 is 0. The molecule has 1 rings (SSSR count). The summed E-state index contributed by atoms with van der Waals surface area (Å²) < 4.78 is 4.62. The molecule has 1 heterocycles. The minimum Gasteiger partial charge on any atom is -0.461 e. The number of nitrogens with zero attached hydrogens (tertiary/aromatic N) is 1. The molecular formula is C8H8NO2. The van der Waals surface area contributed by atoms with Crippen LogP contribution in [0.4, 0.5) is 0 Å². The molecule has 1 radical (unpaired) electrons. The lowest BCUT2D eigenvalue weighted by atomic mass is 10.4. The summed E-state index contributed by atoms with van der Waals surface area (Å²) in [6, 6.07) is 5.06. The molecule has 0 saturated heterocycles. The fraction of sp³-hybridized carbons (Fsp3) is 0.125. The number of carbonyl (C=O) groups is 1. The number of esters is 1. The zero-order valence-electron chi connectivity index (χ0n) is 5.99. The molecule has 1 aromatic rings. The van der Waals surface area contributed by atoms with Crippen LogP contribution >= 0.6 is 0 Å². The summed E-state index contributed by atoms with van der Waals surface area (Å²) in [5.41, 5.74) is 0.316. The molecule has 0 N–H and O–H groups in total. The van der Waals surface area contributed by atoms with E-state index in [1.54, 1.807) is 24.4 Å². The van der Waals surface area contributed by atoms with E-state index in [9.17, 15) is 4.79 Å². The second kappa shape index (κ2) is 3.71. The van der Waals surface area contributed by atoms with Crippen LogP contribution in [0.25, 0.3) is 0 Å². The zero-order valence-corrected chi connectivity index (χ0v) is 5.99. The van der Waals surface area contributed by atoms with Crippen molar-refractivity contribution in [3.8, 4) is 0 Å². The van der Waals surface area contributed by atoms with Crippen molar-refractivity contribution in [3.63, 3.8) is 0 Å². The first-order valence-corrected chi connectivity index (χ1v) is 3.22. The van der Waals surface area contributed by atoms with E-state index in [4.69, 9.17) is 0 Å². The molecule has 0 bridgehead atoms. The Kier molecular flexibility index (Phi) is 2.60. The molecule has 0 atom stereocenters. The van der Waals surface area contributed by atoms with E-state index >= 15 is 0 Å². The molecule has 0 amide bonds. The lowest BCUT2D eigenvalue weighted by Crippen LogP contribution is -2.06. The van der Waals surface area contributed by atoms with Crippen LogP contribution in [0.3, 0.4) is 0 Å². The van der Waals surface area contributed by atoms with Gasteiger partial charge in [-0.15, -0.1) is 0 Å². The molecular weight excluding hydrogens is 142 g/mol. The summed E-state index contributed by atoms with van der Waals surface area (Å²) in [6.07, 6.45) is 1.54. The van der Waals surface area contributed by atoms with Crippen molar-refractivity contribution in [3.05, 3.63) is 37.0 Å². The van der Waals surface area contributed by atoms with Gasteiger partial charge in [-0.25, -0.2) is 9.78 Å². The van der Waals surface area contributed by atoms with Gasteiger partial charge in [-0.1, -0.05) is 6.07 Å². The Morgan fingerprint density at radius 1 is 1.64 bits per heavy atom. The van der Waals surface area contributed by atoms with Gasteiger partial charge in [0.1, 0.15) is 5.69 Å². The van der Waals surface area contributed by atoms with Crippen molar-refractivity contribution >= 4 is 5.97 Å². The van der Waals surface area contributed by atoms with Gasteiger partial charge in [0.2, 0.25) is 0 Å². The lowest BCUT2D eigenvalue weighted by Gasteiger charge is -1.98. The topological polar surface area (TPSA) is 39.2 Å². The fourth-order valence-corrected chi connectivity index (χ4v) is 0.650. The molecule has 0 spiro atoms. The summed E-state index contributed by atoms with van der Waals surface area (Å²) in [5, 5.41) is 0. The Labute approximate surface area is 65.0 Å². The smallest absolute Gasteiger partial charge is 0.356 e. The van der Waals surface area contributed by atoms with Gasteiger partial charge in [-0.3, -0.25) is 0 Å². The van der Waals surface area contributed by atoms with Gasteiger partial charge in [0, 0.05) is 6.20 Å². The first kappa shape index (κ1) is 7.72. The second-order valence-electron chi connectivity index (χ2n) is 1.85. The Morgan fingerprint density at radius 2 is 2.45 bits per heavy atom. The van der Waals surface area contributed by atoms with Gasteiger partial charge >= 0.3 is 5.97 Å². The minimum absolute atomic E-state index is 0.134. The highest BCUT2D eigenvalue weighted by Gasteiger charge is 2.04. The average Bonchev–Trinajstić information content (AvgIpc) is 2.07. The third-order valence-electron chi connectivity index (χ3n) is 1.11. The highest BCUT2D eigenvalue weighted by molar-refractivity contribution is 5.87. The SMILES string of the molecule is [CH2]COC(=O)c1ccccn1. The van der Waals surface area contributed by atoms with Crippen molar-refractivity contribution < 1.29 is 9.53 Å². The largest absolute Gasteiger partial charge is 0.461 e. The molecule has 0 aliphatic carbocycles. The van der Waals surface area contributed by atoms with E-state index < -0.39 is 5.97 Å². The standard InChI is InChI=1S/C8H8NO2/c1-2-11-8(10)7-5-3-4-6-9-7/h3-6H,1-2H2. The van der Waals surface area contributed by atoms with E-state index in [2.05, 4.69) is 16.6 Å². The number of hydrogen-bond acceptors (Lipinski definition) is 3. The van der Waals surface area contributed by atoms with Crippen LogP contribution in [0.2, 0.25) is 0 Å². The van der Waals surface area contributed by atoms with E-state index in [0.29, 0.717) is 5.69 Å². The first-order valence-electron chi connectivity index (χ1n) is 3.22. The van der Waals surface area contributed by atoms with E-state index in [-0.39, 0.29) is 6.61 Å². The van der Waals surface area contributed by atoms with Crippen LogP contribution in [0.1, 0.15) is 10.5 Å². The van der Waals surface area contributed by atoms with Gasteiger partial charge in [0.05, 0.1) is 6.61 Å². The highest BCUT2D eigenvalue weighted by atomic mass is 16.5. The second-order valence-corrected chi connectivity index (χ2v) is 1.85. The molecule has 11 heavy (non-hydrogen) atoms. The highest BCUT2D eigenvalue weighted by Crippen LogP contribution is 1.95. The van der Waals surface area contributed by atoms with E-state index in [1.807, 2.05) is 0 Å². The van der Waals surface area contributed by atoms with Crippen molar-refractivity contribution in [1.82, 2.24) is 4.98 Å². The number of hydrogen-bond donors (Lipinski definition) is 0. The van der Waals surface area contributed by atoms with Crippen LogP contribution in [0, 0.1) is 6.92 Å². The Bertz CT molecular complexity index is 233. The first-order chi connectivity index (χ1) is 5.34. The van der Waals surface area contributed by atoms with Crippen LogP contribution in [-0.2, 0) is 4.74 Å². The maximum absolute atomic E-state index is 10.9. The van der Waals surface area contributed by atoms with Crippen LogP contribution < -0.4 is 0 Å². The normalized spacial score (nSPS) is 9.18. The molecule has 3 nitrogen and oxygen atoms in total. The van der Waals surface area contributed by atoms with Crippen molar-refractivity contribution in [1.29, 1.82) is 0 Å². The quantitative estimate of drug-likeness (QED) is 0.592. The minimum atomic E-state index is -0.430. The van der Waals surface area contributed by atoms with Gasteiger partial charge in [-0.2, -0.15) is 0 Å². The summed E-state index contributed by atoms with van der Waals surface area (Å²) in [5.74, 6) is -0.430. The number of ether oxygens (including phenoxy) is 1. The summed E-state index contributed by atoms with van der Waals surface area (Å²) in [6.45, 7) is 3.51. The van der Waals surface area contributed by atoms with E-state index in [0.717, 1.165) is 0 Å². The Hall–Kier alpha value is -1.38. The molecule has 0 aliphatic heterocycles. The van der Waals surface area contributed by atoms with Gasteiger partial charge in [0.25, 0.3) is 0 Å². The fourth-order valence-electron chi connectivity index (χ4n) is 0.650. The van der Waals surface area contributed by atoms with Crippen LogP contribution in [0.5, 0.6) is 0 Å². The molecule has 1 aromatic heterocycles. The molecule has 3 heteroatoms. The van der Waals surface area contributed by atoms with Crippen LogP contribution in [0.15, 0.2) is 24.4 Å². The number of carbonyl (C=O) groups excluding carboxylic acids is 1. The van der Waals surface area contributed by atoms with Gasteiger partial charge in [-0.05, 0) is 19.1 Å². The lowest BCUT2D eigenvalue weighted by molar-refractivity contribution is 0.0540. The summed E-state index contributed by atoms with van der Waals surface area (Å²) in [4.78, 5) is 14.7. The van der Waals surface area contributed by atoms with E-state index in [1.165, 1.54) is 0 Å². The molecule has 0 fully saturated rings. The van der Waals surface area contributed by atoms with Crippen molar-refractivity contribution in [2.24, 2.45) is 0 Å². The third kappa shape index (κ3) is 2.04. The van der Waals surface area contributed by atoms with Crippen molar-refractivity contribution in [2.75, 3.05) is 6.61 Å². The monoisotopic (exact) mass is 150 g/mol. The van der Waals surface area contributed by atoms with Gasteiger partial charge < -0.3 is 4.74 Å². The predicted molar refractivity (Wildman–Crippen MR) is 39.9 cm³/mol.